The molecule has 0 saturated heterocycles. The van der Waals surface area contributed by atoms with Crippen molar-refractivity contribution in [1.29, 1.82) is 0 Å². The Morgan fingerprint density at radius 3 is 2.05 bits per heavy atom. The van der Waals surface area contributed by atoms with Crippen molar-refractivity contribution in [1.82, 2.24) is 0 Å². The van der Waals surface area contributed by atoms with E-state index in [9.17, 15) is 13.0 Å². The number of hydrogen-bond acceptors (Lipinski definition) is 3. The Hall–Kier alpha value is -0.0700. The molecular formula is C12H7Cl2NaO3S. The van der Waals surface area contributed by atoms with E-state index in [0.717, 1.165) is 0 Å². The summed E-state index contributed by atoms with van der Waals surface area (Å²) in [6.45, 7) is 0. The van der Waals surface area contributed by atoms with Gasteiger partial charge in [0.25, 0.3) is 0 Å². The van der Waals surface area contributed by atoms with Gasteiger partial charge in [0, 0.05) is 15.6 Å². The van der Waals surface area contributed by atoms with Gasteiger partial charge in [-0.05, 0) is 35.9 Å². The van der Waals surface area contributed by atoms with E-state index >= 15 is 0 Å². The van der Waals surface area contributed by atoms with Gasteiger partial charge in [-0.1, -0.05) is 35.3 Å². The fourth-order valence-electron chi connectivity index (χ4n) is 1.52. The van der Waals surface area contributed by atoms with Crippen LogP contribution in [0, 0.1) is 0 Å². The van der Waals surface area contributed by atoms with Gasteiger partial charge >= 0.3 is 29.6 Å². The summed E-state index contributed by atoms with van der Waals surface area (Å²) in [6, 6.07) is 10.5. The van der Waals surface area contributed by atoms with Gasteiger partial charge in [-0.2, -0.15) is 0 Å². The topological polar surface area (TPSA) is 57.2 Å². The molecule has 2 aromatic rings. The first-order chi connectivity index (χ1) is 8.38. The molecule has 0 N–H and O–H groups in total. The molecule has 0 radical (unpaired) electrons. The summed E-state index contributed by atoms with van der Waals surface area (Å²) in [5, 5.41) is 1.02. The fourth-order valence-corrected chi connectivity index (χ4v) is 2.39. The van der Waals surface area contributed by atoms with Crippen LogP contribution in [-0.4, -0.2) is 13.0 Å². The summed E-state index contributed by atoms with van der Waals surface area (Å²) in [7, 11) is -4.43. The van der Waals surface area contributed by atoms with Gasteiger partial charge in [0.15, 0.2) is 0 Å². The van der Waals surface area contributed by atoms with Crippen molar-refractivity contribution in [3.8, 4) is 11.1 Å². The average Bonchev–Trinajstić information content (AvgIpc) is 2.31. The van der Waals surface area contributed by atoms with Crippen molar-refractivity contribution >= 4 is 33.3 Å². The maximum absolute atomic E-state index is 10.8. The van der Waals surface area contributed by atoms with Crippen LogP contribution in [-0.2, 0) is 10.1 Å². The largest absolute Gasteiger partial charge is 1.00 e. The molecule has 94 valence electrons. The van der Waals surface area contributed by atoms with Gasteiger partial charge in [-0.15, -0.1) is 0 Å². The van der Waals surface area contributed by atoms with Crippen LogP contribution in [0.3, 0.4) is 0 Å². The van der Waals surface area contributed by atoms with Crippen molar-refractivity contribution in [2.75, 3.05) is 0 Å². The zero-order valence-corrected chi connectivity index (χ0v) is 14.3. The number of halogens is 2. The third-order valence-corrected chi connectivity index (χ3v) is 3.80. The van der Waals surface area contributed by atoms with Crippen LogP contribution in [0.5, 0.6) is 0 Å². The molecule has 2 aromatic carbocycles. The molecule has 2 rings (SSSR count). The molecule has 0 aliphatic rings. The van der Waals surface area contributed by atoms with Gasteiger partial charge in [-0.25, -0.2) is 8.42 Å². The molecule has 3 nitrogen and oxygen atoms in total. The molecule has 0 fully saturated rings. The first-order valence-electron chi connectivity index (χ1n) is 4.89. The Labute approximate surface area is 143 Å². The number of benzene rings is 2. The standard InChI is InChI=1S/C12H8Cl2O3S.Na/c13-9-3-6-12(14)11(7-9)8-1-4-10(5-2-8)18(15,16)17;/h1-7H,(H,15,16,17);/q;+1/p-1. The quantitative estimate of drug-likeness (QED) is 0.599. The molecule has 7 heteroatoms. The number of hydrogen-bond donors (Lipinski definition) is 0. The Bertz CT molecular complexity index is 685. The van der Waals surface area contributed by atoms with Crippen LogP contribution in [0.2, 0.25) is 10.0 Å². The van der Waals surface area contributed by atoms with Gasteiger partial charge in [0.1, 0.15) is 10.1 Å². The minimum absolute atomic E-state index is 0. The molecular weight excluding hydrogens is 318 g/mol. The zero-order valence-electron chi connectivity index (χ0n) is 9.93. The summed E-state index contributed by atoms with van der Waals surface area (Å²) in [5.74, 6) is 0. The average molecular weight is 325 g/mol. The monoisotopic (exact) mass is 324 g/mol. The van der Waals surface area contributed by atoms with Crippen LogP contribution >= 0.6 is 23.2 Å². The van der Waals surface area contributed by atoms with Crippen molar-refractivity contribution in [2.24, 2.45) is 0 Å². The molecule has 0 heterocycles. The normalized spacial score (nSPS) is 10.9. The van der Waals surface area contributed by atoms with Crippen LogP contribution < -0.4 is 29.6 Å². The van der Waals surface area contributed by atoms with Gasteiger partial charge in [0.05, 0.1) is 4.90 Å². The molecule has 0 bridgehead atoms. The third kappa shape index (κ3) is 4.20. The van der Waals surface area contributed by atoms with Crippen LogP contribution in [0.4, 0.5) is 0 Å². The maximum atomic E-state index is 10.8. The van der Waals surface area contributed by atoms with Crippen LogP contribution in [0.15, 0.2) is 47.4 Å². The second kappa shape index (κ2) is 6.59. The Kier molecular flexibility index (Phi) is 5.89. The van der Waals surface area contributed by atoms with E-state index in [1.54, 1.807) is 18.2 Å². The first kappa shape index (κ1) is 17.0. The maximum Gasteiger partial charge on any atom is 1.00 e. The van der Waals surface area contributed by atoms with Crippen molar-refractivity contribution in [2.45, 2.75) is 4.90 Å². The van der Waals surface area contributed by atoms with Crippen molar-refractivity contribution in [3.05, 3.63) is 52.5 Å². The fraction of sp³-hybridized carbons (Fsp3) is 0. The van der Waals surface area contributed by atoms with E-state index in [2.05, 4.69) is 0 Å². The van der Waals surface area contributed by atoms with Crippen molar-refractivity contribution < 1.29 is 42.5 Å². The van der Waals surface area contributed by atoms with Crippen LogP contribution in [0.25, 0.3) is 11.1 Å². The first-order valence-corrected chi connectivity index (χ1v) is 7.06. The molecule has 0 atom stereocenters. The Morgan fingerprint density at radius 1 is 0.947 bits per heavy atom. The molecule has 0 aromatic heterocycles. The zero-order chi connectivity index (χ0) is 13.3. The van der Waals surface area contributed by atoms with Gasteiger partial charge in [0.2, 0.25) is 0 Å². The van der Waals surface area contributed by atoms with Gasteiger partial charge < -0.3 is 4.55 Å². The molecule has 19 heavy (non-hydrogen) atoms. The van der Waals surface area contributed by atoms with Crippen LogP contribution in [0.1, 0.15) is 0 Å². The van der Waals surface area contributed by atoms with E-state index < -0.39 is 10.1 Å². The summed E-state index contributed by atoms with van der Waals surface area (Å²) >= 11 is 11.9. The summed E-state index contributed by atoms with van der Waals surface area (Å²) < 4.78 is 32.4. The smallest absolute Gasteiger partial charge is 0.744 e. The second-order valence-electron chi connectivity index (χ2n) is 3.60. The Morgan fingerprint density at radius 2 is 1.53 bits per heavy atom. The molecule has 0 amide bonds. The summed E-state index contributed by atoms with van der Waals surface area (Å²) in [4.78, 5) is -0.274. The van der Waals surface area contributed by atoms with E-state index in [-0.39, 0.29) is 34.5 Å². The predicted molar refractivity (Wildman–Crippen MR) is 69.9 cm³/mol. The van der Waals surface area contributed by atoms with E-state index in [4.69, 9.17) is 23.2 Å². The summed E-state index contributed by atoms with van der Waals surface area (Å²) in [5.41, 5.74) is 1.37. The van der Waals surface area contributed by atoms with E-state index in [0.29, 0.717) is 21.2 Å². The van der Waals surface area contributed by atoms with E-state index in [1.165, 1.54) is 24.3 Å². The SMILES string of the molecule is O=S(=O)([O-])c1ccc(-c2cc(Cl)ccc2Cl)cc1.[Na+]. The Balaban J connectivity index is 0.00000180. The van der Waals surface area contributed by atoms with Gasteiger partial charge in [-0.3, -0.25) is 0 Å². The molecule has 0 spiro atoms. The van der Waals surface area contributed by atoms with E-state index in [1.807, 2.05) is 0 Å². The minimum atomic E-state index is -4.43. The predicted octanol–water partition coefficient (Wildman–Crippen LogP) is 0.569. The minimum Gasteiger partial charge on any atom is -0.744 e. The number of rotatable bonds is 2. The van der Waals surface area contributed by atoms with Crippen molar-refractivity contribution in [3.63, 3.8) is 0 Å². The third-order valence-electron chi connectivity index (χ3n) is 2.38. The molecule has 0 unspecified atom stereocenters. The summed E-state index contributed by atoms with van der Waals surface area (Å²) in [6.07, 6.45) is 0. The molecule has 0 saturated carbocycles. The molecule has 0 aliphatic carbocycles. The molecule has 0 aliphatic heterocycles. The second-order valence-corrected chi connectivity index (χ2v) is 5.83.